The van der Waals surface area contributed by atoms with E-state index in [9.17, 15) is 0 Å². The van der Waals surface area contributed by atoms with Crippen LogP contribution in [0.15, 0.2) is 66.9 Å². The Bertz CT molecular complexity index is 968. The highest BCUT2D eigenvalue weighted by Crippen LogP contribution is 2.34. The van der Waals surface area contributed by atoms with Crippen LogP contribution in [0.3, 0.4) is 0 Å². The molecule has 6 heteroatoms. The van der Waals surface area contributed by atoms with Crippen molar-refractivity contribution >= 4 is 23.0 Å². The summed E-state index contributed by atoms with van der Waals surface area (Å²) in [5.74, 6) is 1.64. The quantitative estimate of drug-likeness (QED) is 0.669. The lowest BCUT2D eigenvalue weighted by Crippen LogP contribution is -2.44. The van der Waals surface area contributed by atoms with E-state index in [4.69, 9.17) is 21.7 Å². The summed E-state index contributed by atoms with van der Waals surface area (Å²) in [4.78, 5) is 2.24. The highest BCUT2D eigenvalue weighted by molar-refractivity contribution is 7.80. The maximum atomic E-state index is 5.80. The van der Waals surface area contributed by atoms with Crippen molar-refractivity contribution < 1.29 is 9.47 Å². The average Bonchev–Trinajstić information content (AvgIpc) is 3.22. The van der Waals surface area contributed by atoms with Crippen LogP contribution in [0.5, 0.6) is 11.5 Å². The zero-order valence-electron chi connectivity index (χ0n) is 16.0. The van der Waals surface area contributed by atoms with Gasteiger partial charge in [0, 0.05) is 36.7 Å². The first-order valence-corrected chi connectivity index (χ1v) is 9.61. The fraction of sp³-hybridized carbons (Fsp3) is 0.227. The van der Waals surface area contributed by atoms with Crippen molar-refractivity contribution in [1.29, 1.82) is 0 Å². The Hall–Kier alpha value is -2.99. The van der Waals surface area contributed by atoms with Crippen LogP contribution in [0, 0.1) is 0 Å². The molecule has 5 nitrogen and oxygen atoms in total. The molecule has 1 atom stereocenters. The summed E-state index contributed by atoms with van der Waals surface area (Å²) >= 11 is 5.80. The molecule has 3 aromatic rings. The van der Waals surface area contributed by atoms with Crippen LogP contribution in [0.4, 0.5) is 5.69 Å². The SMILES string of the molecule is COc1ccc(C2c3cccn3CCN2C(=S)Nc2cccc(OC)c2)cc1. The van der Waals surface area contributed by atoms with Gasteiger partial charge in [0.15, 0.2) is 5.11 Å². The molecule has 1 aliphatic rings. The first-order valence-electron chi connectivity index (χ1n) is 9.20. The van der Waals surface area contributed by atoms with E-state index in [1.807, 2.05) is 36.4 Å². The normalized spacial score (nSPS) is 15.6. The minimum Gasteiger partial charge on any atom is -0.497 e. The van der Waals surface area contributed by atoms with Gasteiger partial charge in [-0.3, -0.25) is 0 Å². The van der Waals surface area contributed by atoms with E-state index in [-0.39, 0.29) is 6.04 Å². The number of nitrogens with zero attached hydrogens (tertiary/aromatic N) is 2. The molecule has 0 aliphatic carbocycles. The summed E-state index contributed by atoms with van der Waals surface area (Å²) < 4.78 is 12.9. The van der Waals surface area contributed by atoms with Gasteiger partial charge in [0.1, 0.15) is 11.5 Å². The Kier molecular flexibility index (Phi) is 5.21. The van der Waals surface area contributed by atoms with Gasteiger partial charge in [0.2, 0.25) is 0 Å². The van der Waals surface area contributed by atoms with E-state index in [0.29, 0.717) is 5.11 Å². The lowest BCUT2D eigenvalue weighted by Gasteiger charge is -2.39. The van der Waals surface area contributed by atoms with E-state index in [0.717, 1.165) is 30.3 Å². The number of ether oxygens (including phenoxy) is 2. The predicted molar refractivity (Wildman–Crippen MR) is 115 cm³/mol. The van der Waals surface area contributed by atoms with Crippen molar-refractivity contribution in [2.75, 3.05) is 26.1 Å². The number of fused-ring (bicyclic) bond motifs is 1. The molecule has 0 fully saturated rings. The molecule has 1 N–H and O–H groups in total. The molecular formula is C22H23N3O2S. The molecule has 0 radical (unpaired) electrons. The second-order valence-corrected chi connectivity index (χ2v) is 7.04. The number of methoxy groups -OCH3 is 2. The molecule has 4 rings (SSSR count). The van der Waals surface area contributed by atoms with Gasteiger partial charge in [-0.15, -0.1) is 0 Å². The standard InChI is InChI=1S/C22H23N3O2S/c1-26-18-10-8-16(9-11-18)21-20-7-4-12-24(20)13-14-25(21)22(28)23-17-5-3-6-19(15-17)27-2/h3-12,15,21H,13-14H2,1-2H3,(H,23,28). The topological polar surface area (TPSA) is 38.7 Å². The zero-order valence-corrected chi connectivity index (χ0v) is 16.8. The van der Waals surface area contributed by atoms with Crippen molar-refractivity contribution in [3.63, 3.8) is 0 Å². The van der Waals surface area contributed by atoms with Gasteiger partial charge >= 0.3 is 0 Å². The molecule has 0 spiro atoms. The highest BCUT2D eigenvalue weighted by atomic mass is 32.1. The molecular weight excluding hydrogens is 370 g/mol. The van der Waals surface area contributed by atoms with Crippen LogP contribution >= 0.6 is 12.2 Å². The Morgan fingerprint density at radius 1 is 0.964 bits per heavy atom. The van der Waals surface area contributed by atoms with E-state index in [1.165, 1.54) is 11.3 Å². The second kappa shape index (κ2) is 7.94. The average molecular weight is 394 g/mol. The Morgan fingerprint density at radius 2 is 1.75 bits per heavy atom. The van der Waals surface area contributed by atoms with Gasteiger partial charge in [0.05, 0.1) is 20.3 Å². The van der Waals surface area contributed by atoms with Crippen LogP contribution in [0.1, 0.15) is 17.3 Å². The van der Waals surface area contributed by atoms with Crippen molar-refractivity contribution in [2.24, 2.45) is 0 Å². The molecule has 1 aliphatic heterocycles. The van der Waals surface area contributed by atoms with Gasteiger partial charge in [-0.05, 0) is 54.2 Å². The van der Waals surface area contributed by atoms with E-state index >= 15 is 0 Å². The highest BCUT2D eigenvalue weighted by Gasteiger charge is 2.30. The largest absolute Gasteiger partial charge is 0.497 e. The monoisotopic (exact) mass is 393 g/mol. The first-order chi connectivity index (χ1) is 13.7. The third-order valence-electron chi connectivity index (χ3n) is 5.05. The number of thiocarbonyl (C=S) groups is 1. The fourth-order valence-electron chi connectivity index (χ4n) is 3.64. The fourth-order valence-corrected chi connectivity index (χ4v) is 3.95. The number of anilines is 1. The zero-order chi connectivity index (χ0) is 19.5. The van der Waals surface area contributed by atoms with Crippen LogP contribution < -0.4 is 14.8 Å². The van der Waals surface area contributed by atoms with Crippen molar-refractivity contribution in [3.8, 4) is 11.5 Å². The van der Waals surface area contributed by atoms with Gasteiger partial charge in [-0.1, -0.05) is 18.2 Å². The van der Waals surface area contributed by atoms with Crippen molar-refractivity contribution in [1.82, 2.24) is 9.47 Å². The number of hydrogen-bond acceptors (Lipinski definition) is 3. The van der Waals surface area contributed by atoms with Gasteiger partial charge in [-0.25, -0.2) is 0 Å². The van der Waals surface area contributed by atoms with Crippen molar-refractivity contribution in [2.45, 2.75) is 12.6 Å². The molecule has 1 aromatic heterocycles. The number of hydrogen-bond donors (Lipinski definition) is 1. The summed E-state index contributed by atoms with van der Waals surface area (Å²) in [5, 5.41) is 4.07. The minimum atomic E-state index is 0.0419. The van der Waals surface area contributed by atoms with Crippen LogP contribution in [-0.4, -0.2) is 35.3 Å². The van der Waals surface area contributed by atoms with Gasteiger partial charge < -0.3 is 24.3 Å². The molecule has 144 valence electrons. The lowest BCUT2D eigenvalue weighted by atomic mass is 10.00. The van der Waals surface area contributed by atoms with Gasteiger partial charge in [0.25, 0.3) is 0 Å². The maximum Gasteiger partial charge on any atom is 0.174 e. The van der Waals surface area contributed by atoms with Crippen LogP contribution in [0.2, 0.25) is 0 Å². The summed E-state index contributed by atoms with van der Waals surface area (Å²) in [6.45, 7) is 1.73. The van der Waals surface area contributed by atoms with Crippen LogP contribution in [0.25, 0.3) is 0 Å². The maximum absolute atomic E-state index is 5.80. The van der Waals surface area contributed by atoms with Crippen molar-refractivity contribution in [3.05, 3.63) is 78.1 Å². The number of aromatic nitrogens is 1. The molecule has 0 saturated heterocycles. The molecule has 0 bridgehead atoms. The first kappa shape index (κ1) is 18.4. The number of nitrogens with one attached hydrogen (secondary N) is 1. The lowest BCUT2D eigenvalue weighted by molar-refractivity contribution is 0.293. The number of benzene rings is 2. The van der Waals surface area contributed by atoms with E-state index in [2.05, 4.69) is 45.2 Å². The molecule has 2 heterocycles. The summed E-state index contributed by atoms with van der Waals surface area (Å²) in [5.41, 5.74) is 3.32. The molecule has 2 aromatic carbocycles. The Labute approximate surface area is 170 Å². The van der Waals surface area contributed by atoms with Crippen LogP contribution in [-0.2, 0) is 6.54 Å². The summed E-state index contributed by atoms with van der Waals surface area (Å²) in [6, 6.07) is 20.3. The molecule has 1 unspecified atom stereocenters. The Balaban J connectivity index is 1.64. The molecule has 0 saturated carbocycles. The minimum absolute atomic E-state index is 0.0419. The third-order valence-corrected chi connectivity index (χ3v) is 5.39. The summed E-state index contributed by atoms with van der Waals surface area (Å²) in [7, 11) is 3.34. The van der Waals surface area contributed by atoms with E-state index < -0.39 is 0 Å². The Morgan fingerprint density at radius 3 is 2.50 bits per heavy atom. The van der Waals surface area contributed by atoms with E-state index in [1.54, 1.807) is 14.2 Å². The molecule has 28 heavy (non-hydrogen) atoms. The number of rotatable bonds is 4. The van der Waals surface area contributed by atoms with Gasteiger partial charge in [-0.2, -0.15) is 0 Å². The third kappa shape index (κ3) is 3.55. The smallest absolute Gasteiger partial charge is 0.174 e. The summed E-state index contributed by atoms with van der Waals surface area (Å²) in [6.07, 6.45) is 2.13. The molecule has 0 amide bonds. The second-order valence-electron chi connectivity index (χ2n) is 6.66. The predicted octanol–water partition coefficient (Wildman–Crippen LogP) is 4.31.